The van der Waals surface area contributed by atoms with Gasteiger partial charge in [0.2, 0.25) is 10.0 Å². The smallest absolute Gasteiger partial charge is 0.306 e. The van der Waals surface area contributed by atoms with E-state index in [4.69, 9.17) is 0 Å². The summed E-state index contributed by atoms with van der Waals surface area (Å²) in [6.07, 6.45) is 0.408. The van der Waals surface area contributed by atoms with Crippen LogP contribution in [0.25, 0.3) is 10.8 Å². The fraction of sp³-hybridized carbons (Fsp3) is 0.250. The Bertz CT molecular complexity index is 1510. The van der Waals surface area contributed by atoms with Crippen molar-refractivity contribution in [1.29, 1.82) is 0 Å². The Morgan fingerprint density at radius 3 is 2.34 bits per heavy atom. The number of carbonyl (C=O) groups is 2. The summed E-state index contributed by atoms with van der Waals surface area (Å²) in [6.45, 7) is 0.143. The number of benzene rings is 3. The van der Waals surface area contributed by atoms with Gasteiger partial charge in [0, 0.05) is 24.0 Å². The van der Waals surface area contributed by atoms with Crippen molar-refractivity contribution in [3.63, 3.8) is 0 Å². The van der Waals surface area contributed by atoms with E-state index in [1.807, 2.05) is 6.07 Å². The summed E-state index contributed by atoms with van der Waals surface area (Å²) < 4.78 is 27.8. The SMILES string of the molecule is O=C1C2C3CC(CN3S(=O)(=O)Cc3ccccc3)N2C(=O)N1c1ccc([N+](=O)[O-])c2ccccc12. The first-order chi connectivity index (χ1) is 16.8. The van der Waals surface area contributed by atoms with Crippen molar-refractivity contribution in [2.75, 3.05) is 11.4 Å². The molecule has 3 heterocycles. The van der Waals surface area contributed by atoms with E-state index in [9.17, 15) is 28.1 Å². The number of carbonyl (C=O) groups excluding carboxylic acids is 2. The van der Waals surface area contributed by atoms with Crippen LogP contribution in [0.5, 0.6) is 0 Å². The molecule has 0 saturated carbocycles. The summed E-state index contributed by atoms with van der Waals surface area (Å²) in [5.74, 6) is -0.691. The third-order valence-electron chi connectivity index (χ3n) is 7.08. The van der Waals surface area contributed by atoms with Gasteiger partial charge in [-0.2, -0.15) is 4.31 Å². The van der Waals surface area contributed by atoms with Crippen LogP contribution in [-0.2, 0) is 20.6 Å². The number of nitrogens with zero attached hydrogens (tertiary/aromatic N) is 4. The number of nitro groups is 1. The number of imide groups is 1. The van der Waals surface area contributed by atoms with E-state index >= 15 is 0 Å². The Hall–Kier alpha value is -3.83. The molecule has 3 aromatic rings. The average molecular weight is 493 g/mol. The number of hydrogen-bond acceptors (Lipinski definition) is 6. The standard InChI is InChI=1S/C24H20N4O6S/c29-23-22-21-12-16(13-25(21)35(33,34)14-15-6-2-1-3-7-15)26(22)24(30)27(23)19-10-11-20(28(31)32)18-9-5-4-8-17(18)19/h1-11,16,21-22H,12-14H2. The summed E-state index contributed by atoms with van der Waals surface area (Å²) in [5.41, 5.74) is 0.788. The molecule has 3 fully saturated rings. The van der Waals surface area contributed by atoms with Crippen LogP contribution in [0.1, 0.15) is 12.0 Å². The molecule has 2 bridgehead atoms. The molecule has 0 aliphatic carbocycles. The summed E-state index contributed by atoms with van der Waals surface area (Å²) >= 11 is 0. The van der Waals surface area contributed by atoms with Crippen molar-refractivity contribution < 1.29 is 22.9 Å². The molecule has 3 aromatic carbocycles. The zero-order valence-electron chi connectivity index (χ0n) is 18.4. The number of piperazine rings is 1. The topological polar surface area (TPSA) is 121 Å². The van der Waals surface area contributed by atoms with Crippen LogP contribution in [-0.4, -0.2) is 59.2 Å². The van der Waals surface area contributed by atoms with E-state index < -0.39 is 45.0 Å². The first-order valence-corrected chi connectivity index (χ1v) is 12.7. The van der Waals surface area contributed by atoms with Crippen LogP contribution in [0, 0.1) is 10.1 Å². The van der Waals surface area contributed by atoms with E-state index in [2.05, 4.69) is 0 Å². The second-order valence-corrected chi connectivity index (χ2v) is 10.9. The van der Waals surface area contributed by atoms with Gasteiger partial charge in [-0.1, -0.05) is 48.5 Å². The van der Waals surface area contributed by atoms with Crippen molar-refractivity contribution in [1.82, 2.24) is 9.21 Å². The van der Waals surface area contributed by atoms with Gasteiger partial charge in [-0.3, -0.25) is 14.9 Å². The normalized spacial score (nSPS) is 23.9. The maximum absolute atomic E-state index is 13.6. The lowest BCUT2D eigenvalue weighted by atomic mass is 10.1. The van der Waals surface area contributed by atoms with Gasteiger partial charge in [-0.15, -0.1) is 0 Å². The van der Waals surface area contributed by atoms with E-state index in [1.165, 1.54) is 21.3 Å². The molecule has 10 nitrogen and oxygen atoms in total. The monoisotopic (exact) mass is 492 g/mol. The minimum absolute atomic E-state index is 0.123. The highest BCUT2D eigenvalue weighted by molar-refractivity contribution is 7.88. The van der Waals surface area contributed by atoms with Gasteiger partial charge in [0.05, 0.1) is 27.8 Å². The molecule has 0 aromatic heterocycles. The number of non-ortho nitro benzene ring substituents is 1. The number of fused-ring (bicyclic) bond motifs is 6. The third kappa shape index (κ3) is 3.15. The predicted molar refractivity (Wildman–Crippen MR) is 127 cm³/mol. The van der Waals surface area contributed by atoms with Crippen LogP contribution in [0.15, 0.2) is 66.7 Å². The fourth-order valence-electron chi connectivity index (χ4n) is 5.65. The van der Waals surface area contributed by atoms with Crippen molar-refractivity contribution in [3.8, 4) is 0 Å². The Labute approximate surface area is 200 Å². The van der Waals surface area contributed by atoms with E-state index in [1.54, 1.807) is 48.5 Å². The number of anilines is 1. The maximum atomic E-state index is 13.6. The molecule has 0 radical (unpaired) electrons. The van der Waals surface area contributed by atoms with Crippen LogP contribution in [0.2, 0.25) is 0 Å². The first-order valence-electron chi connectivity index (χ1n) is 11.1. The molecule has 0 N–H and O–H groups in total. The number of amides is 3. The molecule has 3 unspecified atom stereocenters. The van der Waals surface area contributed by atoms with Gasteiger partial charge in [-0.05, 0) is 24.1 Å². The molecular weight excluding hydrogens is 472 g/mol. The van der Waals surface area contributed by atoms with Crippen molar-refractivity contribution in [3.05, 3.63) is 82.4 Å². The average Bonchev–Trinajstić information content (AvgIpc) is 3.50. The molecule has 3 atom stereocenters. The van der Waals surface area contributed by atoms with Crippen molar-refractivity contribution in [2.24, 2.45) is 0 Å². The van der Waals surface area contributed by atoms with E-state index in [0.717, 1.165) is 4.90 Å². The highest BCUT2D eigenvalue weighted by atomic mass is 32.2. The molecule has 6 rings (SSSR count). The Morgan fingerprint density at radius 1 is 0.943 bits per heavy atom. The molecule has 3 saturated heterocycles. The molecular formula is C24H20N4O6S. The summed E-state index contributed by atoms with van der Waals surface area (Å²) in [7, 11) is -3.71. The lowest BCUT2D eigenvalue weighted by molar-refractivity contribution is -0.383. The lowest BCUT2D eigenvalue weighted by Gasteiger charge is -2.34. The van der Waals surface area contributed by atoms with Gasteiger partial charge < -0.3 is 4.90 Å². The molecule has 3 aliphatic rings. The molecule has 0 spiro atoms. The second-order valence-electron chi connectivity index (χ2n) is 8.98. The summed E-state index contributed by atoms with van der Waals surface area (Å²) in [4.78, 5) is 40.5. The zero-order valence-corrected chi connectivity index (χ0v) is 19.2. The molecule has 178 valence electrons. The molecule has 3 amide bonds. The molecule has 35 heavy (non-hydrogen) atoms. The Balaban J connectivity index is 1.35. The van der Waals surface area contributed by atoms with Crippen LogP contribution >= 0.6 is 0 Å². The lowest BCUT2D eigenvalue weighted by Crippen LogP contribution is -2.54. The largest absolute Gasteiger partial charge is 0.332 e. The highest BCUT2D eigenvalue weighted by Gasteiger charge is 2.64. The fourth-order valence-corrected chi connectivity index (χ4v) is 7.44. The molecule has 11 heteroatoms. The van der Waals surface area contributed by atoms with Crippen molar-refractivity contribution >= 4 is 44.1 Å². The van der Waals surface area contributed by atoms with Gasteiger partial charge in [0.15, 0.2) is 0 Å². The quantitative estimate of drug-likeness (QED) is 0.307. The zero-order chi connectivity index (χ0) is 24.5. The Kier molecular flexibility index (Phi) is 4.70. The highest BCUT2D eigenvalue weighted by Crippen LogP contribution is 2.45. The van der Waals surface area contributed by atoms with Crippen molar-refractivity contribution in [2.45, 2.75) is 30.3 Å². The number of urea groups is 1. The van der Waals surface area contributed by atoms with E-state index in [-0.39, 0.29) is 23.7 Å². The number of nitro benzene ring substituents is 1. The van der Waals surface area contributed by atoms with Gasteiger partial charge in [-0.25, -0.2) is 18.1 Å². The number of hydrogen-bond donors (Lipinski definition) is 0. The maximum Gasteiger partial charge on any atom is 0.332 e. The van der Waals surface area contributed by atoms with Crippen LogP contribution in [0.3, 0.4) is 0 Å². The third-order valence-corrected chi connectivity index (χ3v) is 8.91. The first kappa shape index (κ1) is 21.7. The Morgan fingerprint density at radius 2 is 1.63 bits per heavy atom. The number of rotatable bonds is 5. The minimum Gasteiger partial charge on any atom is -0.306 e. The summed E-state index contributed by atoms with van der Waals surface area (Å²) in [5, 5.41) is 12.2. The second kappa shape index (κ2) is 7.59. The predicted octanol–water partition coefficient (Wildman–Crippen LogP) is 2.87. The van der Waals surface area contributed by atoms with Gasteiger partial charge in [0.25, 0.3) is 11.6 Å². The van der Waals surface area contributed by atoms with Crippen LogP contribution < -0.4 is 4.90 Å². The summed E-state index contributed by atoms with van der Waals surface area (Å²) in [6, 6.07) is 15.6. The van der Waals surface area contributed by atoms with Gasteiger partial charge in [0.1, 0.15) is 6.04 Å². The molecule has 3 aliphatic heterocycles. The van der Waals surface area contributed by atoms with Crippen LogP contribution in [0.4, 0.5) is 16.2 Å². The minimum atomic E-state index is -3.71. The van der Waals surface area contributed by atoms with E-state index in [0.29, 0.717) is 22.8 Å². The number of sulfonamides is 1. The van der Waals surface area contributed by atoms with Gasteiger partial charge >= 0.3 is 6.03 Å².